The molecule has 0 saturated heterocycles. The van der Waals surface area contributed by atoms with Crippen molar-refractivity contribution in [3.63, 3.8) is 0 Å². The molecule has 0 spiro atoms. The van der Waals surface area contributed by atoms with E-state index in [-0.39, 0.29) is 0 Å². The average molecular weight is 174 g/mol. The molecule has 3 atom stereocenters. The van der Waals surface area contributed by atoms with Crippen molar-refractivity contribution in [3.8, 4) is 0 Å². The van der Waals surface area contributed by atoms with E-state index in [1.54, 1.807) is 0 Å². The average Bonchev–Trinajstić information content (AvgIpc) is 1.98. The van der Waals surface area contributed by atoms with Gasteiger partial charge in [-0.3, -0.25) is 0 Å². The van der Waals surface area contributed by atoms with Crippen molar-refractivity contribution in [1.29, 1.82) is 0 Å². The van der Waals surface area contributed by atoms with Gasteiger partial charge in [0.1, 0.15) is 0 Å². The highest BCUT2D eigenvalue weighted by Gasteiger charge is 2.18. The minimum absolute atomic E-state index is 0.560. The zero-order valence-electron chi connectivity index (χ0n) is 8.30. The highest BCUT2D eigenvalue weighted by atomic mass is 32.1. The van der Waals surface area contributed by atoms with Gasteiger partial charge in [-0.05, 0) is 18.3 Å². The van der Waals surface area contributed by atoms with Crippen LogP contribution in [-0.2, 0) is 0 Å². The van der Waals surface area contributed by atoms with Crippen molar-refractivity contribution in [2.45, 2.75) is 52.2 Å². The summed E-state index contributed by atoms with van der Waals surface area (Å²) in [5.74, 6) is 1.65. The third-order valence-electron chi connectivity index (χ3n) is 2.62. The Morgan fingerprint density at radius 1 is 1.18 bits per heavy atom. The Morgan fingerprint density at radius 2 is 1.73 bits per heavy atom. The van der Waals surface area contributed by atoms with Gasteiger partial charge in [0.15, 0.2) is 0 Å². The molecule has 0 amide bonds. The van der Waals surface area contributed by atoms with Gasteiger partial charge in [0.25, 0.3) is 0 Å². The van der Waals surface area contributed by atoms with Crippen LogP contribution in [0.1, 0.15) is 47.0 Å². The SMILES string of the molecule is CCC[C@@H](C(C)S)[C@H](C)CC. The van der Waals surface area contributed by atoms with Gasteiger partial charge in [-0.2, -0.15) is 12.6 Å². The first-order chi connectivity index (χ1) is 5.13. The summed E-state index contributed by atoms with van der Waals surface area (Å²) in [6.45, 7) is 9.08. The molecule has 0 heterocycles. The molecule has 0 aliphatic rings. The highest BCUT2D eigenvalue weighted by Crippen LogP contribution is 2.26. The van der Waals surface area contributed by atoms with Gasteiger partial charge < -0.3 is 0 Å². The molecule has 0 rings (SSSR count). The Labute approximate surface area is 77.2 Å². The van der Waals surface area contributed by atoms with E-state index in [9.17, 15) is 0 Å². The van der Waals surface area contributed by atoms with Crippen LogP contribution in [0, 0.1) is 11.8 Å². The normalized spacial score (nSPS) is 19.4. The van der Waals surface area contributed by atoms with E-state index in [4.69, 9.17) is 0 Å². The molecule has 0 aliphatic heterocycles. The lowest BCUT2D eigenvalue weighted by Gasteiger charge is -2.25. The van der Waals surface area contributed by atoms with Crippen LogP contribution in [-0.4, -0.2) is 5.25 Å². The first kappa shape index (κ1) is 11.4. The summed E-state index contributed by atoms with van der Waals surface area (Å²) in [7, 11) is 0. The number of thiol groups is 1. The highest BCUT2D eigenvalue weighted by molar-refractivity contribution is 7.80. The number of hydrogen-bond acceptors (Lipinski definition) is 1. The largest absolute Gasteiger partial charge is 0.176 e. The monoisotopic (exact) mass is 174 g/mol. The maximum Gasteiger partial charge on any atom is 0.00192 e. The van der Waals surface area contributed by atoms with E-state index in [0.29, 0.717) is 5.25 Å². The Bertz CT molecular complexity index is 88.9. The molecule has 1 unspecified atom stereocenters. The summed E-state index contributed by atoms with van der Waals surface area (Å²) in [5, 5.41) is 0.560. The summed E-state index contributed by atoms with van der Waals surface area (Å²) in [4.78, 5) is 0. The zero-order chi connectivity index (χ0) is 8.85. The summed E-state index contributed by atoms with van der Waals surface area (Å²) in [6.07, 6.45) is 3.91. The van der Waals surface area contributed by atoms with E-state index in [1.165, 1.54) is 19.3 Å². The molecule has 0 bridgehead atoms. The van der Waals surface area contributed by atoms with E-state index >= 15 is 0 Å². The molecule has 0 aromatic carbocycles. The second kappa shape index (κ2) is 5.93. The molecule has 0 fully saturated rings. The molecular formula is C10H22S. The maximum absolute atomic E-state index is 4.52. The van der Waals surface area contributed by atoms with Crippen LogP contribution in [0.5, 0.6) is 0 Å². The van der Waals surface area contributed by atoms with Gasteiger partial charge >= 0.3 is 0 Å². The van der Waals surface area contributed by atoms with Crippen molar-refractivity contribution in [2.24, 2.45) is 11.8 Å². The fourth-order valence-electron chi connectivity index (χ4n) is 1.64. The minimum atomic E-state index is 0.560. The summed E-state index contributed by atoms with van der Waals surface area (Å²) < 4.78 is 0. The molecule has 0 aliphatic carbocycles. The van der Waals surface area contributed by atoms with E-state index in [1.807, 2.05) is 0 Å². The molecule has 11 heavy (non-hydrogen) atoms. The van der Waals surface area contributed by atoms with Crippen LogP contribution >= 0.6 is 12.6 Å². The van der Waals surface area contributed by atoms with Gasteiger partial charge in [-0.15, -0.1) is 0 Å². The maximum atomic E-state index is 4.52. The van der Waals surface area contributed by atoms with Crippen LogP contribution < -0.4 is 0 Å². The van der Waals surface area contributed by atoms with Crippen LogP contribution in [0.3, 0.4) is 0 Å². The molecule has 0 saturated carbocycles. The lowest BCUT2D eigenvalue weighted by Crippen LogP contribution is -2.19. The van der Waals surface area contributed by atoms with E-state index in [0.717, 1.165) is 11.8 Å². The molecule has 1 heteroatoms. The van der Waals surface area contributed by atoms with Crippen LogP contribution in [0.25, 0.3) is 0 Å². The van der Waals surface area contributed by atoms with Gasteiger partial charge in [0.2, 0.25) is 0 Å². The van der Waals surface area contributed by atoms with Crippen molar-refractivity contribution < 1.29 is 0 Å². The summed E-state index contributed by atoms with van der Waals surface area (Å²) in [5.41, 5.74) is 0. The number of hydrogen-bond donors (Lipinski definition) is 1. The Kier molecular flexibility index (Phi) is 6.12. The smallest absolute Gasteiger partial charge is 0.00192 e. The third-order valence-corrected chi connectivity index (χ3v) is 3.00. The van der Waals surface area contributed by atoms with Crippen molar-refractivity contribution in [3.05, 3.63) is 0 Å². The molecular weight excluding hydrogens is 152 g/mol. The van der Waals surface area contributed by atoms with Gasteiger partial charge in [0.05, 0.1) is 0 Å². The summed E-state index contributed by atoms with van der Waals surface area (Å²) in [6, 6.07) is 0. The van der Waals surface area contributed by atoms with Crippen molar-refractivity contribution in [2.75, 3.05) is 0 Å². The molecule has 0 N–H and O–H groups in total. The second-order valence-corrected chi connectivity index (χ2v) is 4.39. The Hall–Kier alpha value is 0.350. The van der Waals surface area contributed by atoms with Crippen molar-refractivity contribution >= 4 is 12.6 Å². The van der Waals surface area contributed by atoms with E-state index in [2.05, 4.69) is 40.3 Å². The van der Waals surface area contributed by atoms with Crippen LogP contribution in [0.4, 0.5) is 0 Å². The van der Waals surface area contributed by atoms with Crippen LogP contribution in [0.2, 0.25) is 0 Å². The second-order valence-electron chi connectivity index (χ2n) is 3.58. The van der Waals surface area contributed by atoms with Crippen LogP contribution in [0.15, 0.2) is 0 Å². The minimum Gasteiger partial charge on any atom is -0.176 e. The van der Waals surface area contributed by atoms with Gasteiger partial charge in [-0.25, -0.2) is 0 Å². The lowest BCUT2D eigenvalue weighted by molar-refractivity contribution is 0.324. The molecule has 0 nitrogen and oxygen atoms in total. The quantitative estimate of drug-likeness (QED) is 0.603. The number of rotatable bonds is 5. The standard InChI is InChI=1S/C10H22S/c1-5-7-10(9(4)11)8(3)6-2/h8-11H,5-7H2,1-4H3/t8-,9?,10-/m1/s1. The fraction of sp³-hybridized carbons (Fsp3) is 1.00. The van der Waals surface area contributed by atoms with E-state index < -0.39 is 0 Å². The molecule has 0 aromatic rings. The topological polar surface area (TPSA) is 0 Å². The third kappa shape index (κ3) is 4.05. The Balaban J connectivity index is 3.87. The molecule has 0 aromatic heterocycles. The first-order valence-corrected chi connectivity index (χ1v) is 5.33. The predicted octanol–water partition coefficient (Wildman–Crippen LogP) is 3.77. The van der Waals surface area contributed by atoms with Crippen molar-refractivity contribution in [1.82, 2.24) is 0 Å². The Morgan fingerprint density at radius 3 is 2.00 bits per heavy atom. The molecule has 0 radical (unpaired) electrons. The zero-order valence-corrected chi connectivity index (χ0v) is 9.20. The summed E-state index contributed by atoms with van der Waals surface area (Å²) >= 11 is 4.52. The first-order valence-electron chi connectivity index (χ1n) is 4.81. The molecule has 68 valence electrons. The van der Waals surface area contributed by atoms with Gasteiger partial charge in [0, 0.05) is 5.25 Å². The van der Waals surface area contributed by atoms with Gasteiger partial charge in [-0.1, -0.05) is 40.5 Å². The fourth-order valence-corrected chi connectivity index (χ4v) is 2.08. The lowest BCUT2D eigenvalue weighted by atomic mass is 9.86. The predicted molar refractivity (Wildman–Crippen MR) is 56.3 cm³/mol.